The lowest BCUT2D eigenvalue weighted by molar-refractivity contribution is 0.227. The van der Waals surface area contributed by atoms with Gasteiger partial charge in [0, 0.05) is 35.3 Å². The summed E-state index contributed by atoms with van der Waals surface area (Å²) in [6, 6.07) is 8.94. The van der Waals surface area contributed by atoms with Crippen LogP contribution in [0, 0.1) is 0 Å². The number of halogens is 1. The van der Waals surface area contributed by atoms with Gasteiger partial charge in [0.05, 0.1) is 6.61 Å². The monoisotopic (exact) mass is 284 g/mol. The lowest BCUT2D eigenvalue weighted by atomic mass is 10.1. The number of nitrogens with zero attached hydrogens (tertiary/aromatic N) is 1. The summed E-state index contributed by atoms with van der Waals surface area (Å²) in [6.45, 7) is 4.16. The Morgan fingerprint density at radius 3 is 3.06 bits per heavy atom. The van der Waals surface area contributed by atoms with Crippen LogP contribution >= 0.6 is 15.9 Å². The van der Waals surface area contributed by atoms with E-state index in [0.29, 0.717) is 6.04 Å². The third-order valence-corrected chi connectivity index (χ3v) is 3.50. The number of aliphatic hydroxyl groups is 1. The Kier molecular flexibility index (Phi) is 3.84. The molecule has 1 fully saturated rings. The van der Waals surface area contributed by atoms with E-state index in [2.05, 4.69) is 45.2 Å². The maximum Gasteiger partial charge on any atom is 0.0601 e. The maximum atomic E-state index is 9.20. The summed E-state index contributed by atoms with van der Waals surface area (Å²) in [7, 11) is 0. The van der Waals surface area contributed by atoms with E-state index in [9.17, 15) is 5.11 Å². The van der Waals surface area contributed by atoms with Gasteiger partial charge in [-0.05, 0) is 25.1 Å². The maximum absolute atomic E-state index is 9.20. The standard InChI is InChI=1S/C12H17BrN2O/c1-9-6-14-11(8-16)7-15(9)12-4-2-3-10(13)5-12/h2-5,9,11,14,16H,6-8H2,1H3. The van der Waals surface area contributed by atoms with E-state index < -0.39 is 0 Å². The van der Waals surface area contributed by atoms with Crippen LogP contribution in [0.1, 0.15) is 6.92 Å². The van der Waals surface area contributed by atoms with Gasteiger partial charge in [-0.25, -0.2) is 0 Å². The van der Waals surface area contributed by atoms with E-state index >= 15 is 0 Å². The molecular weight excluding hydrogens is 268 g/mol. The van der Waals surface area contributed by atoms with E-state index in [-0.39, 0.29) is 12.6 Å². The van der Waals surface area contributed by atoms with Gasteiger partial charge in [0.2, 0.25) is 0 Å². The average molecular weight is 285 g/mol. The molecule has 1 aliphatic heterocycles. The van der Waals surface area contributed by atoms with E-state index in [4.69, 9.17) is 0 Å². The van der Waals surface area contributed by atoms with Crippen molar-refractivity contribution < 1.29 is 5.11 Å². The van der Waals surface area contributed by atoms with Crippen molar-refractivity contribution in [2.24, 2.45) is 0 Å². The van der Waals surface area contributed by atoms with Crippen LogP contribution in [-0.2, 0) is 0 Å². The van der Waals surface area contributed by atoms with Crippen LogP contribution in [0.5, 0.6) is 0 Å². The topological polar surface area (TPSA) is 35.5 Å². The number of rotatable bonds is 2. The highest BCUT2D eigenvalue weighted by Gasteiger charge is 2.24. The zero-order chi connectivity index (χ0) is 11.5. The van der Waals surface area contributed by atoms with Crippen molar-refractivity contribution in [1.82, 2.24) is 5.32 Å². The molecule has 2 atom stereocenters. The van der Waals surface area contributed by atoms with Crippen LogP contribution < -0.4 is 10.2 Å². The summed E-state index contributed by atoms with van der Waals surface area (Å²) >= 11 is 3.49. The number of nitrogens with one attached hydrogen (secondary N) is 1. The van der Waals surface area contributed by atoms with Gasteiger partial charge in [-0.2, -0.15) is 0 Å². The third kappa shape index (κ3) is 2.56. The molecule has 88 valence electrons. The summed E-state index contributed by atoms with van der Waals surface area (Å²) in [6.07, 6.45) is 0. The zero-order valence-corrected chi connectivity index (χ0v) is 10.9. The Morgan fingerprint density at radius 1 is 1.56 bits per heavy atom. The van der Waals surface area contributed by atoms with E-state index in [1.165, 1.54) is 5.69 Å². The van der Waals surface area contributed by atoms with Gasteiger partial charge < -0.3 is 15.3 Å². The summed E-state index contributed by atoms with van der Waals surface area (Å²) in [5, 5.41) is 12.5. The molecule has 0 radical (unpaired) electrons. The number of anilines is 1. The summed E-state index contributed by atoms with van der Waals surface area (Å²) in [4.78, 5) is 2.34. The van der Waals surface area contributed by atoms with Crippen molar-refractivity contribution in [2.75, 3.05) is 24.6 Å². The van der Waals surface area contributed by atoms with Crippen LogP contribution in [0.2, 0.25) is 0 Å². The molecule has 4 heteroatoms. The number of aliphatic hydroxyl groups excluding tert-OH is 1. The SMILES string of the molecule is CC1CNC(CO)CN1c1cccc(Br)c1. The first-order valence-electron chi connectivity index (χ1n) is 5.57. The fourth-order valence-corrected chi connectivity index (χ4v) is 2.45. The molecule has 1 aliphatic rings. The Bertz CT molecular complexity index is 359. The molecule has 0 aromatic heterocycles. The van der Waals surface area contributed by atoms with Gasteiger partial charge in [0.1, 0.15) is 0 Å². The summed E-state index contributed by atoms with van der Waals surface area (Å²) in [5.41, 5.74) is 1.21. The molecule has 3 nitrogen and oxygen atoms in total. The van der Waals surface area contributed by atoms with Crippen molar-refractivity contribution in [3.8, 4) is 0 Å². The molecule has 2 unspecified atom stereocenters. The number of hydrogen-bond donors (Lipinski definition) is 2. The van der Waals surface area contributed by atoms with E-state index in [0.717, 1.165) is 17.6 Å². The minimum atomic E-state index is 0.176. The molecule has 1 aromatic rings. The van der Waals surface area contributed by atoms with Crippen molar-refractivity contribution in [1.29, 1.82) is 0 Å². The number of piperazine rings is 1. The molecule has 0 saturated carbocycles. The number of hydrogen-bond acceptors (Lipinski definition) is 3. The Balaban J connectivity index is 2.17. The molecule has 1 aromatic carbocycles. The van der Waals surface area contributed by atoms with Crippen LogP contribution in [0.4, 0.5) is 5.69 Å². The molecule has 2 rings (SSSR count). The second-order valence-electron chi connectivity index (χ2n) is 4.27. The largest absolute Gasteiger partial charge is 0.395 e. The molecule has 1 saturated heterocycles. The molecule has 1 heterocycles. The first-order valence-corrected chi connectivity index (χ1v) is 6.36. The number of benzene rings is 1. The van der Waals surface area contributed by atoms with Gasteiger partial charge in [0.25, 0.3) is 0 Å². The average Bonchev–Trinajstić information content (AvgIpc) is 2.30. The first-order chi connectivity index (χ1) is 7.70. The second-order valence-corrected chi connectivity index (χ2v) is 5.18. The fourth-order valence-electron chi connectivity index (χ4n) is 2.07. The van der Waals surface area contributed by atoms with Crippen molar-refractivity contribution in [2.45, 2.75) is 19.0 Å². The Hall–Kier alpha value is -0.580. The van der Waals surface area contributed by atoms with Gasteiger partial charge in [-0.3, -0.25) is 0 Å². The normalized spacial score (nSPS) is 25.8. The van der Waals surface area contributed by atoms with E-state index in [1.54, 1.807) is 0 Å². The third-order valence-electron chi connectivity index (χ3n) is 3.01. The first kappa shape index (κ1) is 11.9. The molecule has 16 heavy (non-hydrogen) atoms. The van der Waals surface area contributed by atoms with Gasteiger partial charge in [-0.1, -0.05) is 22.0 Å². The van der Waals surface area contributed by atoms with Crippen LogP contribution in [0.15, 0.2) is 28.7 Å². The van der Waals surface area contributed by atoms with Crippen LogP contribution in [-0.4, -0.2) is 36.9 Å². The van der Waals surface area contributed by atoms with Gasteiger partial charge >= 0.3 is 0 Å². The molecule has 0 aliphatic carbocycles. The highest BCUT2D eigenvalue weighted by atomic mass is 79.9. The fraction of sp³-hybridized carbons (Fsp3) is 0.500. The van der Waals surface area contributed by atoms with Gasteiger partial charge in [0.15, 0.2) is 0 Å². The van der Waals surface area contributed by atoms with Crippen molar-refractivity contribution in [3.63, 3.8) is 0 Å². The zero-order valence-electron chi connectivity index (χ0n) is 9.36. The molecule has 0 spiro atoms. The lowest BCUT2D eigenvalue weighted by Gasteiger charge is -2.39. The Labute approximate surface area is 105 Å². The van der Waals surface area contributed by atoms with Gasteiger partial charge in [-0.15, -0.1) is 0 Å². The van der Waals surface area contributed by atoms with E-state index in [1.807, 2.05) is 12.1 Å². The summed E-state index contributed by atoms with van der Waals surface area (Å²) in [5.74, 6) is 0. The quantitative estimate of drug-likeness (QED) is 0.866. The second kappa shape index (κ2) is 5.17. The smallest absolute Gasteiger partial charge is 0.0601 e. The van der Waals surface area contributed by atoms with Crippen LogP contribution in [0.3, 0.4) is 0 Å². The molecule has 0 amide bonds. The van der Waals surface area contributed by atoms with Crippen molar-refractivity contribution in [3.05, 3.63) is 28.7 Å². The van der Waals surface area contributed by atoms with Crippen LogP contribution in [0.25, 0.3) is 0 Å². The molecule has 2 N–H and O–H groups in total. The molecule has 0 bridgehead atoms. The molecular formula is C12H17BrN2O. The predicted molar refractivity (Wildman–Crippen MR) is 69.8 cm³/mol. The summed E-state index contributed by atoms with van der Waals surface area (Å²) < 4.78 is 1.09. The Morgan fingerprint density at radius 2 is 2.38 bits per heavy atom. The highest BCUT2D eigenvalue weighted by molar-refractivity contribution is 9.10. The lowest BCUT2D eigenvalue weighted by Crippen LogP contribution is -2.56. The minimum Gasteiger partial charge on any atom is -0.395 e. The minimum absolute atomic E-state index is 0.176. The van der Waals surface area contributed by atoms with Crippen molar-refractivity contribution >= 4 is 21.6 Å². The predicted octanol–water partition coefficient (Wildman–Crippen LogP) is 1.61. The highest BCUT2D eigenvalue weighted by Crippen LogP contribution is 2.23.